The zero-order valence-corrected chi connectivity index (χ0v) is 13.4. The van der Waals surface area contributed by atoms with Crippen LogP contribution in [0.5, 0.6) is 0 Å². The fraction of sp³-hybridized carbons (Fsp3) is 0.222. The number of hydrogen-bond acceptors (Lipinski definition) is 2. The van der Waals surface area contributed by atoms with E-state index in [-0.39, 0.29) is 18.4 Å². The van der Waals surface area contributed by atoms with E-state index in [1.165, 1.54) is 30.0 Å². The fourth-order valence-electron chi connectivity index (χ4n) is 2.30. The molecule has 1 N–H and O–H groups in total. The number of aryl methyl sites for hydroxylation is 1. The van der Waals surface area contributed by atoms with E-state index in [4.69, 9.17) is 0 Å². The minimum Gasteiger partial charge on any atom is -0.324 e. The molecule has 0 spiro atoms. The number of rotatable bonds is 4. The summed E-state index contributed by atoms with van der Waals surface area (Å²) in [5.74, 6) is -1.04. The molecular formula is C18H19FN2O2. The SMILES string of the molecule is CC(=O)N(CC(=O)Nc1cccc(F)c1)c1cccc(C)c1C. The molecule has 4 nitrogen and oxygen atoms in total. The fourth-order valence-corrected chi connectivity index (χ4v) is 2.30. The Kier molecular flexibility index (Phi) is 5.11. The molecule has 2 amide bonds. The molecule has 0 fully saturated rings. The zero-order chi connectivity index (χ0) is 17.0. The highest BCUT2D eigenvalue weighted by Gasteiger charge is 2.18. The van der Waals surface area contributed by atoms with E-state index in [1.807, 2.05) is 26.0 Å². The predicted octanol–water partition coefficient (Wildman–Crippen LogP) is 3.43. The molecular weight excluding hydrogens is 295 g/mol. The molecule has 2 aromatic carbocycles. The lowest BCUT2D eigenvalue weighted by atomic mass is 10.1. The van der Waals surface area contributed by atoms with Gasteiger partial charge in [0.25, 0.3) is 0 Å². The summed E-state index contributed by atoms with van der Waals surface area (Å²) < 4.78 is 13.2. The summed E-state index contributed by atoms with van der Waals surface area (Å²) in [6.45, 7) is 5.14. The van der Waals surface area contributed by atoms with Crippen molar-refractivity contribution in [3.8, 4) is 0 Å². The van der Waals surface area contributed by atoms with Gasteiger partial charge in [-0.2, -0.15) is 0 Å². The molecule has 0 heterocycles. The van der Waals surface area contributed by atoms with Crippen molar-refractivity contribution in [2.24, 2.45) is 0 Å². The van der Waals surface area contributed by atoms with Gasteiger partial charge in [0.2, 0.25) is 11.8 Å². The van der Waals surface area contributed by atoms with Crippen LogP contribution in [0.3, 0.4) is 0 Å². The summed E-state index contributed by atoms with van der Waals surface area (Å²) >= 11 is 0. The maximum Gasteiger partial charge on any atom is 0.244 e. The van der Waals surface area contributed by atoms with Crippen molar-refractivity contribution in [2.45, 2.75) is 20.8 Å². The van der Waals surface area contributed by atoms with Crippen LogP contribution in [0.1, 0.15) is 18.1 Å². The van der Waals surface area contributed by atoms with Crippen molar-refractivity contribution in [3.63, 3.8) is 0 Å². The Bertz CT molecular complexity index is 744. The van der Waals surface area contributed by atoms with Crippen molar-refractivity contribution in [3.05, 3.63) is 59.4 Å². The lowest BCUT2D eigenvalue weighted by Crippen LogP contribution is -2.37. The molecule has 0 aliphatic heterocycles. The molecule has 2 rings (SSSR count). The first-order valence-electron chi connectivity index (χ1n) is 7.28. The van der Waals surface area contributed by atoms with Gasteiger partial charge in [-0.3, -0.25) is 9.59 Å². The third-order valence-electron chi connectivity index (χ3n) is 3.66. The van der Waals surface area contributed by atoms with Crippen molar-refractivity contribution >= 4 is 23.2 Å². The number of halogens is 1. The van der Waals surface area contributed by atoms with E-state index < -0.39 is 5.82 Å². The minimum absolute atomic E-state index is 0.129. The van der Waals surface area contributed by atoms with Gasteiger partial charge in [-0.15, -0.1) is 0 Å². The Morgan fingerprint density at radius 2 is 1.83 bits per heavy atom. The molecule has 23 heavy (non-hydrogen) atoms. The lowest BCUT2D eigenvalue weighted by Gasteiger charge is -2.23. The number of carbonyl (C=O) groups excluding carboxylic acids is 2. The van der Waals surface area contributed by atoms with Crippen LogP contribution >= 0.6 is 0 Å². The van der Waals surface area contributed by atoms with Gasteiger partial charge in [-0.1, -0.05) is 18.2 Å². The molecule has 0 bridgehead atoms. The van der Waals surface area contributed by atoms with Gasteiger partial charge in [-0.25, -0.2) is 4.39 Å². The van der Waals surface area contributed by atoms with Crippen LogP contribution in [0.15, 0.2) is 42.5 Å². The second-order valence-corrected chi connectivity index (χ2v) is 5.38. The first-order chi connectivity index (χ1) is 10.9. The molecule has 0 aliphatic carbocycles. The van der Waals surface area contributed by atoms with E-state index in [2.05, 4.69) is 5.32 Å². The summed E-state index contributed by atoms with van der Waals surface area (Å²) in [7, 11) is 0. The number of nitrogens with one attached hydrogen (secondary N) is 1. The highest BCUT2D eigenvalue weighted by Crippen LogP contribution is 2.23. The summed E-state index contributed by atoms with van der Waals surface area (Å²) in [5, 5.41) is 2.60. The van der Waals surface area contributed by atoms with Crippen LogP contribution in [0, 0.1) is 19.7 Å². The van der Waals surface area contributed by atoms with Crippen LogP contribution < -0.4 is 10.2 Å². The Hall–Kier alpha value is -2.69. The Labute approximate surface area is 134 Å². The molecule has 0 saturated carbocycles. The van der Waals surface area contributed by atoms with Gasteiger partial charge in [-0.05, 0) is 49.2 Å². The molecule has 0 radical (unpaired) electrons. The Balaban J connectivity index is 2.18. The number of benzene rings is 2. The van der Waals surface area contributed by atoms with E-state index in [9.17, 15) is 14.0 Å². The summed E-state index contributed by atoms with van der Waals surface area (Å²) in [5.41, 5.74) is 3.05. The highest BCUT2D eigenvalue weighted by molar-refractivity contribution is 6.02. The number of amides is 2. The van der Waals surface area contributed by atoms with Crippen molar-refractivity contribution < 1.29 is 14.0 Å². The maximum atomic E-state index is 13.2. The number of nitrogens with zero attached hydrogens (tertiary/aromatic N) is 1. The molecule has 0 atom stereocenters. The third-order valence-corrected chi connectivity index (χ3v) is 3.66. The van der Waals surface area contributed by atoms with E-state index in [1.54, 1.807) is 12.1 Å². The third kappa shape index (κ3) is 4.16. The van der Waals surface area contributed by atoms with Crippen LogP contribution in [0.25, 0.3) is 0 Å². The molecule has 2 aromatic rings. The van der Waals surface area contributed by atoms with E-state index in [0.29, 0.717) is 11.4 Å². The second kappa shape index (κ2) is 7.05. The van der Waals surface area contributed by atoms with Crippen LogP contribution in [-0.2, 0) is 9.59 Å². The van der Waals surface area contributed by atoms with Crippen molar-refractivity contribution in [1.29, 1.82) is 0 Å². The average molecular weight is 314 g/mol. The smallest absolute Gasteiger partial charge is 0.244 e. The normalized spacial score (nSPS) is 10.3. The number of anilines is 2. The van der Waals surface area contributed by atoms with Gasteiger partial charge in [0.05, 0.1) is 0 Å². The second-order valence-electron chi connectivity index (χ2n) is 5.38. The quantitative estimate of drug-likeness (QED) is 0.940. The van der Waals surface area contributed by atoms with Gasteiger partial charge >= 0.3 is 0 Å². The first-order valence-corrected chi connectivity index (χ1v) is 7.28. The zero-order valence-electron chi connectivity index (χ0n) is 13.4. The van der Waals surface area contributed by atoms with E-state index in [0.717, 1.165) is 11.1 Å². The Morgan fingerprint density at radius 3 is 2.48 bits per heavy atom. The van der Waals surface area contributed by atoms with Gasteiger partial charge in [0.1, 0.15) is 12.4 Å². The van der Waals surface area contributed by atoms with Gasteiger partial charge in [0, 0.05) is 18.3 Å². The number of carbonyl (C=O) groups is 2. The van der Waals surface area contributed by atoms with E-state index >= 15 is 0 Å². The Morgan fingerprint density at radius 1 is 1.13 bits per heavy atom. The number of hydrogen-bond donors (Lipinski definition) is 1. The van der Waals surface area contributed by atoms with Crippen molar-refractivity contribution in [2.75, 3.05) is 16.8 Å². The minimum atomic E-state index is -0.430. The first kappa shape index (κ1) is 16.7. The largest absolute Gasteiger partial charge is 0.324 e. The highest BCUT2D eigenvalue weighted by atomic mass is 19.1. The molecule has 0 aromatic heterocycles. The van der Waals surface area contributed by atoms with Crippen LogP contribution in [0.4, 0.5) is 15.8 Å². The van der Waals surface area contributed by atoms with Gasteiger partial charge in [0.15, 0.2) is 0 Å². The summed E-state index contributed by atoms with van der Waals surface area (Å²) in [6, 6.07) is 11.2. The average Bonchev–Trinajstić information content (AvgIpc) is 2.48. The van der Waals surface area contributed by atoms with Crippen molar-refractivity contribution in [1.82, 2.24) is 0 Å². The molecule has 0 saturated heterocycles. The molecule has 5 heteroatoms. The molecule has 120 valence electrons. The lowest BCUT2D eigenvalue weighted by molar-refractivity contribution is -0.120. The molecule has 0 unspecified atom stereocenters. The monoisotopic (exact) mass is 314 g/mol. The summed E-state index contributed by atoms with van der Waals surface area (Å²) in [6.07, 6.45) is 0. The topological polar surface area (TPSA) is 49.4 Å². The maximum absolute atomic E-state index is 13.2. The standard InChI is InChI=1S/C18H19FN2O2/c1-12-6-4-9-17(13(12)2)21(14(3)22)11-18(23)20-16-8-5-7-15(19)10-16/h4-10H,11H2,1-3H3,(H,20,23). The van der Waals surface area contributed by atoms with Crippen LogP contribution in [0.2, 0.25) is 0 Å². The van der Waals surface area contributed by atoms with Crippen LogP contribution in [-0.4, -0.2) is 18.4 Å². The molecule has 0 aliphatic rings. The summed E-state index contributed by atoms with van der Waals surface area (Å²) in [4.78, 5) is 25.5. The predicted molar refractivity (Wildman–Crippen MR) is 89.0 cm³/mol. The van der Waals surface area contributed by atoms with Gasteiger partial charge < -0.3 is 10.2 Å².